The molecule has 2 aliphatic rings. The summed E-state index contributed by atoms with van der Waals surface area (Å²) in [6.07, 6.45) is 6.04. The van der Waals surface area contributed by atoms with E-state index in [2.05, 4.69) is 9.97 Å². The van der Waals surface area contributed by atoms with Crippen molar-refractivity contribution in [1.82, 2.24) is 14.9 Å². The minimum Gasteiger partial charge on any atom is -0.470 e. The van der Waals surface area contributed by atoms with Gasteiger partial charge in [0.25, 0.3) is 11.8 Å². The van der Waals surface area contributed by atoms with E-state index in [1.165, 1.54) is 31.0 Å². The van der Waals surface area contributed by atoms with E-state index < -0.39 is 11.4 Å². The fourth-order valence-corrected chi connectivity index (χ4v) is 3.53. The zero-order chi connectivity index (χ0) is 17.3. The summed E-state index contributed by atoms with van der Waals surface area (Å²) in [6.45, 7) is 1.46. The van der Waals surface area contributed by atoms with Gasteiger partial charge in [-0.3, -0.25) is 4.79 Å². The number of rotatable bonds is 3. The van der Waals surface area contributed by atoms with Crippen LogP contribution in [0.1, 0.15) is 29.8 Å². The summed E-state index contributed by atoms with van der Waals surface area (Å²) in [7, 11) is 0. The van der Waals surface area contributed by atoms with E-state index >= 15 is 0 Å². The lowest BCUT2D eigenvalue weighted by Gasteiger charge is -2.39. The van der Waals surface area contributed by atoms with Crippen molar-refractivity contribution in [2.75, 3.05) is 19.7 Å². The molecule has 0 radical (unpaired) electrons. The first-order chi connectivity index (χ1) is 12.2. The Bertz CT molecular complexity index is 754. The molecule has 0 unspecified atom stereocenters. The number of carbonyl (C=O) groups excluding carboxylic acids is 1. The fourth-order valence-electron chi connectivity index (χ4n) is 3.53. The Morgan fingerprint density at radius 1 is 1.44 bits per heavy atom. The monoisotopic (exact) mass is 347 g/mol. The second-order valence-electron chi connectivity index (χ2n) is 6.43. The molecule has 132 valence electrons. The number of ether oxygens (including phenoxy) is 2. The number of hydrogen-bond donors (Lipinski definition) is 0. The van der Waals surface area contributed by atoms with Crippen molar-refractivity contribution in [3.05, 3.63) is 42.5 Å². The highest BCUT2D eigenvalue weighted by Crippen LogP contribution is 2.36. The number of amides is 1. The first-order valence-corrected chi connectivity index (χ1v) is 8.24. The molecule has 2 aromatic heterocycles. The van der Waals surface area contributed by atoms with Crippen LogP contribution in [0.3, 0.4) is 0 Å². The van der Waals surface area contributed by atoms with E-state index in [9.17, 15) is 9.18 Å². The third kappa shape index (κ3) is 3.21. The van der Waals surface area contributed by atoms with Crippen LogP contribution in [0, 0.1) is 5.82 Å². The topological polar surface area (TPSA) is 77.7 Å². The van der Waals surface area contributed by atoms with E-state index in [-0.39, 0.29) is 17.9 Å². The van der Waals surface area contributed by atoms with Gasteiger partial charge in [0.05, 0.1) is 18.8 Å². The number of likely N-dealkylation sites (tertiary alicyclic amines) is 1. The summed E-state index contributed by atoms with van der Waals surface area (Å²) in [5, 5.41) is 0. The van der Waals surface area contributed by atoms with E-state index in [0.29, 0.717) is 31.8 Å². The van der Waals surface area contributed by atoms with Crippen LogP contribution in [0.5, 0.6) is 5.88 Å². The van der Waals surface area contributed by atoms with Gasteiger partial charge in [0.2, 0.25) is 0 Å². The number of pyridine rings is 1. The SMILES string of the molecule is O=C(c1cocn1)N1CCC[C@]2(C[C@H](Oc3ncccc3F)CO2)C1. The molecule has 7 nitrogen and oxygen atoms in total. The molecule has 1 spiro atoms. The van der Waals surface area contributed by atoms with Crippen LogP contribution in [-0.4, -0.2) is 52.2 Å². The second kappa shape index (κ2) is 6.44. The van der Waals surface area contributed by atoms with Gasteiger partial charge >= 0.3 is 0 Å². The summed E-state index contributed by atoms with van der Waals surface area (Å²) in [5.41, 5.74) is -0.175. The van der Waals surface area contributed by atoms with Gasteiger partial charge in [-0.1, -0.05) is 0 Å². The van der Waals surface area contributed by atoms with Gasteiger partial charge < -0.3 is 18.8 Å². The van der Waals surface area contributed by atoms with Gasteiger partial charge in [-0.2, -0.15) is 0 Å². The highest BCUT2D eigenvalue weighted by molar-refractivity contribution is 5.92. The first kappa shape index (κ1) is 16.0. The summed E-state index contributed by atoms with van der Waals surface area (Å²) in [5.74, 6) is -0.675. The third-order valence-electron chi connectivity index (χ3n) is 4.66. The molecule has 2 atom stereocenters. The lowest BCUT2D eigenvalue weighted by molar-refractivity contribution is -0.0455. The van der Waals surface area contributed by atoms with Gasteiger partial charge in [-0.05, 0) is 25.0 Å². The van der Waals surface area contributed by atoms with Crippen LogP contribution < -0.4 is 4.74 Å². The van der Waals surface area contributed by atoms with E-state index in [1.54, 1.807) is 4.90 Å². The van der Waals surface area contributed by atoms with Crippen molar-refractivity contribution in [2.24, 2.45) is 0 Å². The predicted molar refractivity (Wildman–Crippen MR) is 83.6 cm³/mol. The lowest BCUT2D eigenvalue weighted by atomic mass is 9.89. The molecule has 2 fully saturated rings. The quantitative estimate of drug-likeness (QED) is 0.846. The highest BCUT2D eigenvalue weighted by Gasteiger charge is 2.46. The molecule has 2 saturated heterocycles. The average Bonchev–Trinajstić information content (AvgIpc) is 3.27. The minimum absolute atomic E-state index is 0.0144. The van der Waals surface area contributed by atoms with Crippen LogP contribution >= 0.6 is 0 Å². The molecular weight excluding hydrogens is 329 g/mol. The average molecular weight is 347 g/mol. The second-order valence-corrected chi connectivity index (χ2v) is 6.43. The minimum atomic E-state index is -0.491. The number of hydrogen-bond acceptors (Lipinski definition) is 6. The molecule has 2 aliphatic heterocycles. The van der Waals surface area contributed by atoms with Crippen LogP contribution in [0.25, 0.3) is 0 Å². The zero-order valence-electron chi connectivity index (χ0n) is 13.6. The molecule has 0 N–H and O–H groups in total. The Hall–Kier alpha value is -2.48. The number of carbonyl (C=O) groups is 1. The van der Waals surface area contributed by atoms with Gasteiger partial charge in [0.15, 0.2) is 17.9 Å². The van der Waals surface area contributed by atoms with Crippen molar-refractivity contribution in [2.45, 2.75) is 31.0 Å². The standard InChI is InChI=1S/C17H18FN3O4/c18-13-3-1-5-19-15(13)25-12-7-17(24-8-12)4-2-6-21(10-17)16(22)14-9-23-11-20-14/h1,3,5,9,11-12H,2,4,6-8,10H2/t12-,17-/m0/s1. The maximum absolute atomic E-state index is 13.7. The molecular formula is C17H18FN3O4. The molecule has 0 bridgehead atoms. The Balaban J connectivity index is 1.42. The Labute approximate surface area is 143 Å². The van der Waals surface area contributed by atoms with Gasteiger partial charge in [-0.25, -0.2) is 14.4 Å². The van der Waals surface area contributed by atoms with Crippen molar-refractivity contribution >= 4 is 5.91 Å². The summed E-state index contributed by atoms with van der Waals surface area (Å²) >= 11 is 0. The molecule has 4 heterocycles. The molecule has 8 heteroatoms. The molecule has 0 aliphatic carbocycles. The molecule has 0 saturated carbocycles. The smallest absolute Gasteiger partial charge is 0.275 e. The largest absolute Gasteiger partial charge is 0.470 e. The number of nitrogens with zero attached hydrogens (tertiary/aromatic N) is 3. The Morgan fingerprint density at radius 3 is 3.16 bits per heavy atom. The van der Waals surface area contributed by atoms with Crippen LogP contribution in [0.4, 0.5) is 4.39 Å². The van der Waals surface area contributed by atoms with E-state index in [1.807, 2.05) is 0 Å². The van der Waals surface area contributed by atoms with Gasteiger partial charge in [0.1, 0.15) is 12.4 Å². The Kier molecular flexibility index (Phi) is 4.12. The van der Waals surface area contributed by atoms with Crippen LogP contribution in [-0.2, 0) is 4.74 Å². The molecule has 25 heavy (non-hydrogen) atoms. The summed E-state index contributed by atoms with van der Waals surface area (Å²) < 4.78 is 30.2. The first-order valence-electron chi connectivity index (χ1n) is 8.24. The zero-order valence-corrected chi connectivity index (χ0v) is 13.6. The van der Waals surface area contributed by atoms with Crippen molar-refractivity contribution in [3.63, 3.8) is 0 Å². The van der Waals surface area contributed by atoms with Crippen molar-refractivity contribution < 1.29 is 23.1 Å². The fraction of sp³-hybridized carbons (Fsp3) is 0.471. The number of oxazole rings is 1. The summed E-state index contributed by atoms with van der Waals surface area (Å²) in [6, 6.07) is 2.83. The maximum Gasteiger partial charge on any atom is 0.275 e. The molecule has 4 rings (SSSR count). The number of piperidine rings is 1. The van der Waals surface area contributed by atoms with Crippen molar-refractivity contribution in [3.8, 4) is 5.88 Å². The molecule has 1 amide bonds. The number of halogens is 1. The highest BCUT2D eigenvalue weighted by atomic mass is 19.1. The van der Waals surface area contributed by atoms with Crippen LogP contribution in [0.2, 0.25) is 0 Å². The predicted octanol–water partition coefficient (Wildman–Crippen LogP) is 2.05. The lowest BCUT2D eigenvalue weighted by Crippen LogP contribution is -2.50. The van der Waals surface area contributed by atoms with Crippen LogP contribution in [0.15, 0.2) is 35.4 Å². The van der Waals surface area contributed by atoms with Gasteiger partial charge in [0, 0.05) is 19.2 Å². The van der Waals surface area contributed by atoms with Crippen molar-refractivity contribution in [1.29, 1.82) is 0 Å². The summed E-state index contributed by atoms with van der Waals surface area (Å²) in [4.78, 5) is 22.0. The maximum atomic E-state index is 13.7. The molecule has 0 aromatic carbocycles. The van der Waals surface area contributed by atoms with E-state index in [0.717, 1.165) is 12.8 Å². The Morgan fingerprint density at radius 2 is 2.36 bits per heavy atom. The van der Waals surface area contributed by atoms with Gasteiger partial charge in [-0.15, -0.1) is 0 Å². The molecule has 2 aromatic rings. The number of aromatic nitrogens is 2. The van der Waals surface area contributed by atoms with E-state index in [4.69, 9.17) is 13.9 Å². The normalized spacial score (nSPS) is 26.1. The third-order valence-corrected chi connectivity index (χ3v) is 4.66.